The Labute approximate surface area is 115 Å². The Bertz CT molecular complexity index is 551. The number of nitrogens with zero attached hydrogens (tertiary/aromatic N) is 1. The maximum atomic E-state index is 5.62. The summed E-state index contributed by atoms with van der Waals surface area (Å²) in [6, 6.07) is 6.05. The molecule has 18 heavy (non-hydrogen) atoms. The summed E-state index contributed by atoms with van der Waals surface area (Å²) in [4.78, 5) is 7.66. The number of rotatable bonds is 4. The summed E-state index contributed by atoms with van der Waals surface area (Å²) in [6.07, 6.45) is 0.755. The molecule has 0 amide bonds. The smallest absolute Gasteiger partial charge is 0.175 e. The molecule has 0 aliphatic heterocycles. The second-order valence-corrected chi connectivity index (χ2v) is 4.85. The standard InChI is InChI=1S/C13H16BrN3O/c1-8-3-4-11(18-2)9(7-8)12-10(5-6-15)16-13(14)17-12/h3-4,7H,5-6,15H2,1-2H3,(H,16,17). The largest absolute Gasteiger partial charge is 0.496 e. The minimum absolute atomic E-state index is 0.579. The SMILES string of the molecule is COc1ccc(C)cc1-c1nc(Br)[nH]c1CCN. The number of halogens is 1. The van der Waals surface area contributed by atoms with Crippen molar-refractivity contribution in [3.05, 3.63) is 34.2 Å². The van der Waals surface area contributed by atoms with Gasteiger partial charge in [-0.2, -0.15) is 0 Å². The van der Waals surface area contributed by atoms with E-state index in [0.29, 0.717) is 11.3 Å². The van der Waals surface area contributed by atoms with Crippen molar-refractivity contribution in [2.75, 3.05) is 13.7 Å². The van der Waals surface area contributed by atoms with E-state index in [0.717, 1.165) is 29.1 Å². The molecule has 0 saturated heterocycles. The molecule has 0 unspecified atom stereocenters. The number of aromatic amines is 1. The van der Waals surface area contributed by atoms with Gasteiger partial charge in [0.1, 0.15) is 5.75 Å². The minimum atomic E-state index is 0.579. The molecule has 4 nitrogen and oxygen atoms in total. The van der Waals surface area contributed by atoms with Gasteiger partial charge in [-0.15, -0.1) is 0 Å². The lowest BCUT2D eigenvalue weighted by atomic mass is 10.0. The van der Waals surface area contributed by atoms with Gasteiger partial charge in [0.05, 0.1) is 12.8 Å². The second kappa shape index (κ2) is 5.54. The van der Waals surface area contributed by atoms with Crippen molar-refractivity contribution in [1.82, 2.24) is 9.97 Å². The molecule has 2 aromatic rings. The molecule has 0 spiro atoms. The highest BCUT2D eigenvalue weighted by atomic mass is 79.9. The van der Waals surface area contributed by atoms with Gasteiger partial charge in [-0.1, -0.05) is 11.6 Å². The number of imidazole rings is 1. The number of methoxy groups -OCH3 is 1. The van der Waals surface area contributed by atoms with Crippen LogP contribution in [0.2, 0.25) is 0 Å². The maximum absolute atomic E-state index is 5.62. The molecule has 5 heteroatoms. The molecule has 0 bridgehead atoms. The zero-order valence-corrected chi connectivity index (χ0v) is 12.0. The summed E-state index contributed by atoms with van der Waals surface area (Å²) >= 11 is 3.37. The van der Waals surface area contributed by atoms with Crippen LogP contribution in [-0.4, -0.2) is 23.6 Å². The number of ether oxygens (including phenoxy) is 1. The van der Waals surface area contributed by atoms with Crippen LogP contribution in [0, 0.1) is 6.92 Å². The van der Waals surface area contributed by atoms with Crippen LogP contribution >= 0.6 is 15.9 Å². The summed E-state index contributed by atoms with van der Waals surface area (Å²) in [7, 11) is 1.67. The van der Waals surface area contributed by atoms with E-state index in [1.54, 1.807) is 7.11 Å². The van der Waals surface area contributed by atoms with Crippen LogP contribution in [0.3, 0.4) is 0 Å². The third-order valence-corrected chi connectivity index (χ3v) is 3.13. The van der Waals surface area contributed by atoms with Crippen molar-refractivity contribution in [1.29, 1.82) is 0 Å². The molecule has 0 saturated carbocycles. The van der Waals surface area contributed by atoms with Gasteiger partial charge in [-0.3, -0.25) is 0 Å². The Morgan fingerprint density at radius 3 is 2.89 bits per heavy atom. The lowest BCUT2D eigenvalue weighted by molar-refractivity contribution is 0.416. The van der Waals surface area contributed by atoms with E-state index in [1.165, 1.54) is 5.56 Å². The number of nitrogens with two attached hydrogens (primary N) is 1. The molecule has 2 rings (SSSR count). The van der Waals surface area contributed by atoms with Crippen molar-refractivity contribution in [2.45, 2.75) is 13.3 Å². The Morgan fingerprint density at radius 2 is 2.22 bits per heavy atom. The number of aromatic nitrogens is 2. The highest BCUT2D eigenvalue weighted by Crippen LogP contribution is 2.32. The zero-order chi connectivity index (χ0) is 13.1. The molecule has 3 N–H and O–H groups in total. The lowest BCUT2D eigenvalue weighted by Gasteiger charge is -2.09. The number of aryl methyl sites for hydroxylation is 1. The molecule has 0 aliphatic carbocycles. The summed E-state index contributed by atoms with van der Waals surface area (Å²) in [5, 5.41) is 0. The molecule has 1 heterocycles. The first-order valence-corrected chi connectivity index (χ1v) is 6.54. The van der Waals surface area contributed by atoms with Gasteiger partial charge in [0.25, 0.3) is 0 Å². The third kappa shape index (κ3) is 2.57. The fraction of sp³-hybridized carbons (Fsp3) is 0.308. The van der Waals surface area contributed by atoms with Gasteiger partial charge < -0.3 is 15.5 Å². The molecular weight excluding hydrogens is 294 g/mol. The highest BCUT2D eigenvalue weighted by Gasteiger charge is 2.14. The van der Waals surface area contributed by atoms with Gasteiger partial charge in [0.15, 0.2) is 4.73 Å². The van der Waals surface area contributed by atoms with Crippen molar-refractivity contribution in [2.24, 2.45) is 5.73 Å². The van der Waals surface area contributed by atoms with Crippen LogP contribution in [0.15, 0.2) is 22.9 Å². The number of nitrogens with one attached hydrogen (secondary N) is 1. The molecular formula is C13H16BrN3O. The molecule has 1 aromatic heterocycles. The number of hydrogen-bond donors (Lipinski definition) is 2. The summed E-state index contributed by atoms with van der Waals surface area (Å²) in [5.74, 6) is 0.817. The third-order valence-electron chi connectivity index (χ3n) is 2.75. The van der Waals surface area contributed by atoms with Crippen LogP contribution < -0.4 is 10.5 Å². The van der Waals surface area contributed by atoms with Crippen LogP contribution in [-0.2, 0) is 6.42 Å². The maximum Gasteiger partial charge on any atom is 0.175 e. The Kier molecular flexibility index (Phi) is 4.04. The van der Waals surface area contributed by atoms with E-state index in [2.05, 4.69) is 32.0 Å². The fourth-order valence-corrected chi connectivity index (χ4v) is 2.35. The fourth-order valence-electron chi connectivity index (χ4n) is 1.93. The Hall–Kier alpha value is -1.33. The normalized spacial score (nSPS) is 10.7. The van der Waals surface area contributed by atoms with E-state index in [-0.39, 0.29) is 0 Å². The molecule has 0 radical (unpaired) electrons. The number of hydrogen-bond acceptors (Lipinski definition) is 3. The first-order chi connectivity index (χ1) is 8.65. The van der Waals surface area contributed by atoms with E-state index in [9.17, 15) is 0 Å². The van der Waals surface area contributed by atoms with Gasteiger partial charge in [0.2, 0.25) is 0 Å². The van der Waals surface area contributed by atoms with Gasteiger partial charge in [-0.05, 0) is 41.5 Å². The Morgan fingerprint density at radius 1 is 1.44 bits per heavy atom. The summed E-state index contributed by atoms with van der Waals surface area (Å²) < 4.78 is 6.11. The van der Waals surface area contributed by atoms with Crippen LogP contribution in [0.25, 0.3) is 11.3 Å². The minimum Gasteiger partial charge on any atom is -0.496 e. The molecule has 0 atom stereocenters. The van der Waals surface area contributed by atoms with E-state index >= 15 is 0 Å². The molecule has 96 valence electrons. The predicted molar refractivity (Wildman–Crippen MR) is 75.8 cm³/mol. The quantitative estimate of drug-likeness (QED) is 0.912. The summed E-state index contributed by atoms with van der Waals surface area (Å²) in [5.41, 5.74) is 9.70. The molecule has 1 aromatic carbocycles. The van der Waals surface area contributed by atoms with Crippen LogP contribution in [0.5, 0.6) is 5.75 Å². The van der Waals surface area contributed by atoms with E-state index in [1.807, 2.05) is 19.1 Å². The average molecular weight is 310 g/mol. The predicted octanol–water partition coefficient (Wildman–Crippen LogP) is 2.66. The Balaban J connectivity index is 2.56. The van der Waals surface area contributed by atoms with Crippen molar-refractivity contribution >= 4 is 15.9 Å². The second-order valence-electron chi connectivity index (χ2n) is 4.10. The monoisotopic (exact) mass is 309 g/mol. The first-order valence-electron chi connectivity index (χ1n) is 5.75. The van der Waals surface area contributed by atoms with Crippen LogP contribution in [0.1, 0.15) is 11.3 Å². The summed E-state index contributed by atoms with van der Waals surface area (Å²) in [6.45, 7) is 2.63. The van der Waals surface area contributed by atoms with Crippen LogP contribution in [0.4, 0.5) is 0 Å². The van der Waals surface area contributed by atoms with Gasteiger partial charge in [-0.25, -0.2) is 4.98 Å². The van der Waals surface area contributed by atoms with Crippen molar-refractivity contribution in [3.63, 3.8) is 0 Å². The van der Waals surface area contributed by atoms with Crippen molar-refractivity contribution in [3.8, 4) is 17.0 Å². The zero-order valence-electron chi connectivity index (χ0n) is 10.5. The first kappa shape index (κ1) is 13.1. The van der Waals surface area contributed by atoms with Gasteiger partial charge in [0, 0.05) is 17.7 Å². The average Bonchev–Trinajstić information content (AvgIpc) is 2.71. The molecule has 0 fully saturated rings. The highest BCUT2D eigenvalue weighted by molar-refractivity contribution is 9.10. The van der Waals surface area contributed by atoms with Gasteiger partial charge >= 0.3 is 0 Å². The molecule has 0 aliphatic rings. The van der Waals surface area contributed by atoms with E-state index < -0.39 is 0 Å². The van der Waals surface area contributed by atoms with E-state index in [4.69, 9.17) is 10.5 Å². The number of benzene rings is 1. The van der Waals surface area contributed by atoms with Crippen molar-refractivity contribution < 1.29 is 4.74 Å². The topological polar surface area (TPSA) is 63.9 Å². The number of H-pyrrole nitrogens is 1. The lowest BCUT2D eigenvalue weighted by Crippen LogP contribution is -2.04.